The molecule has 0 bridgehead atoms. The van der Waals surface area contributed by atoms with E-state index in [1.807, 2.05) is 6.07 Å². The second-order valence-corrected chi connectivity index (χ2v) is 6.43. The molecule has 4 heteroatoms. The summed E-state index contributed by atoms with van der Waals surface area (Å²) in [6.45, 7) is 1.56. The second kappa shape index (κ2) is 6.87. The van der Waals surface area contributed by atoms with Gasteiger partial charge in [-0.15, -0.1) is 11.3 Å². The molecule has 110 valence electrons. The number of hydrogen-bond acceptors (Lipinski definition) is 3. The summed E-state index contributed by atoms with van der Waals surface area (Å²) < 4.78 is 0. The number of carbonyl (C=O) groups is 1. The van der Waals surface area contributed by atoms with Crippen LogP contribution in [-0.4, -0.2) is 18.5 Å². The largest absolute Gasteiger partial charge is 0.353 e. The first-order valence-electron chi connectivity index (χ1n) is 7.44. The van der Waals surface area contributed by atoms with E-state index in [2.05, 4.69) is 46.3 Å². The second-order valence-electron chi connectivity index (χ2n) is 5.44. The molecule has 2 N–H and O–H groups in total. The first-order valence-corrected chi connectivity index (χ1v) is 8.32. The number of hydrogen-bond donors (Lipinski definition) is 2. The highest BCUT2D eigenvalue weighted by molar-refractivity contribution is 7.10. The van der Waals surface area contributed by atoms with Gasteiger partial charge in [-0.25, -0.2) is 0 Å². The fraction of sp³-hybridized carbons (Fsp3) is 0.353. The van der Waals surface area contributed by atoms with Crippen molar-refractivity contribution in [1.82, 2.24) is 10.6 Å². The van der Waals surface area contributed by atoms with Crippen molar-refractivity contribution >= 4 is 17.2 Å². The third kappa shape index (κ3) is 4.41. The van der Waals surface area contributed by atoms with E-state index in [0.29, 0.717) is 12.5 Å². The van der Waals surface area contributed by atoms with Gasteiger partial charge in [0.15, 0.2) is 0 Å². The normalized spacial score (nSPS) is 14.1. The van der Waals surface area contributed by atoms with Crippen molar-refractivity contribution in [3.63, 3.8) is 0 Å². The standard InChI is InChI=1S/C17H20N2OS/c20-17(19-15-6-7-15)8-9-18-11-16-10-14(12-21-16)13-4-2-1-3-5-13/h1-5,10,12,15,18H,6-9,11H2,(H,19,20). The Hall–Kier alpha value is -1.65. The van der Waals surface area contributed by atoms with Crippen LogP contribution in [0.2, 0.25) is 0 Å². The van der Waals surface area contributed by atoms with Crippen LogP contribution >= 0.6 is 11.3 Å². The molecule has 1 aromatic heterocycles. The van der Waals surface area contributed by atoms with E-state index in [4.69, 9.17) is 0 Å². The first kappa shape index (κ1) is 14.3. The molecule has 0 radical (unpaired) electrons. The summed E-state index contributed by atoms with van der Waals surface area (Å²) in [5.41, 5.74) is 2.52. The van der Waals surface area contributed by atoms with Gasteiger partial charge in [0.05, 0.1) is 0 Å². The summed E-state index contributed by atoms with van der Waals surface area (Å²) in [4.78, 5) is 12.8. The van der Waals surface area contributed by atoms with Gasteiger partial charge in [0, 0.05) is 30.4 Å². The Bertz CT molecular complexity index is 590. The average Bonchev–Trinajstić information content (AvgIpc) is 3.19. The van der Waals surface area contributed by atoms with Crippen molar-refractivity contribution in [1.29, 1.82) is 0 Å². The van der Waals surface area contributed by atoms with E-state index in [1.165, 1.54) is 16.0 Å². The van der Waals surface area contributed by atoms with Crippen LogP contribution in [0.3, 0.4) is 0 Å². The SMILES string of the molecule is O=C(CCNCc1cc(-c2ccccc2)cs1)NC1CC1. The molecule has 3 nitrogen and oxygen atoms in total. The molecule has 3 rings (SSSR count). The number of amides is 1. The summed E-state index contributed by atoms with van der Waals surface area (Å²) in [7, 11) is 0. The van der Waals surface area contributed by atoms with Gasteiger partial charge >= 0.3 is 0 Å². The van der Waals surface area contributed by atoms with Gasteiger partial charge in [-0.1, -0.05) is 30.3 Å². The molecule has 0 spiro atoms. The third-order valence-electron chi connectivity index (χ3n) is 3.53. The lowest BCUT2D eigenvalue weighted by Crippen LogP contribution is -2.28. The Morgan fingerprint density at radius 3 is 2.76 bits per heavy atom. The monoisotopic (exact) mass is 300 g/mol. The maximum Gasteiger partial charge on any atom is 0.221 e. The van der Waals surface area contributed by atoms with E-state index < -0.39 is 0 Å². The fourth-order valence-corrected chi connectivity index (χ4v) is 3.06. The summed E-state index contributed by atoms with van der Waals surface area (Å²) in [6.07, 6.45) is 2.86. The number of benzene rings is 1. The van der Waals surface area contributed by atoms with Crippen LogP contribution in [0.5, 0.6) is 0 Å². The Balaban J connectivity index is 1.41. The van der Waals surface area contributed by atoms with Gasteiger partial charge in [-0.05, 0) is 35.4 Å². The summed E-state index contributed by atoms with van der Waals surface area (Å²) in [6, 6.07) is 13.1. The highest BCUT2D eigenvalue weighted by Gasteiger charge is 2.22. The molecule has 1 aliphatic rings. The van der Waals surface area contributed by atoms with Crippen molar-refractivity contribution in [3.8, 4) is 11.1 Å². The van der Waals surface area contributed by atoms with E-state index in [1.54, 1.807) is 11.3 Å². The summed E-state index contributed by atoms with van der Waals surface area (Å²) >= 11 is 1.76. The molecule has 1 aromatic carbocycles. The van der Waals surface area contributed by atoms with E-state index in [9.17, 15) is 4.79 Å². The maximum atomic E-state index is 11.5. The molecule has 21 heavy (non-hydrogen) atoms. The van der Waals surface area contributed by atoms with Gasteiger partial charge in [0.25, 0.3) is 0 Å². The summed E-state index contributed by atoms with van der Waals surface area (Å²) in [5, 5.41) is 8.53. The molecule has 1 fully saturated rings. The maximum absolute atomic E-state index is 11.5. The zero-order valence-electron chi connectivity index (χ0n) is 12.0. The van der Waals surface area contributed by atoms with Crippen molar-refractivity contribution in [3.05, 3.63) is 46.7 Å². The predicted molar refractivity (Wildman–Crippen MR) is 87.2 cm³/mol. The average molecular weight is 300 g/mol. The number of carbonyl (C=O) groups excluding carboxylic acids is 1. The Kier molecular flexibility index (Phi) is 4.68. The van der Waals surface area contributed by atoms with Gasteiger partial charge in [-0.3, -0.25) is 4.79 Å². The molecule has 2 aromatic rings. The van der Waals surface area contributed by atoms with Gasteiger partial charge in [0.1, 0.15) is 0 Å². The first-order chi connectivity index (χ1) is 10.3. The highest BCUT2D eigenvalue weighted by atomic mass is 32.1. The van der Waals surface area contributed by atoms with E-state index >= 15 is 0 Å². The molecule has 1 heterocycles. The van der Waals surface area contributed by atoms with E-state index in [-0.39, 0.29) is 5.91 Å². The van der Waals surface area contributed by atoms with Crippen LogP contribution in [0.25, 0.3) is 11.1 Å². The van der Waals surface area contributed by atoms with Crippen molar-refractivity contribution in [2.75, 3.05) is 6.54 Å². The molecule has 1 saturated carbocycles. The number of nitrogens with one attached hydrogen (secondary N) is 2. The van der Waals surface area contributed by atoms with Gasteiger partial charge in [0.2, 0.25) is 5.91 Å². The topological polar surface area (TPSA) is 41.1 Å². The fourth-order valence-electron chi connectivity index (χ4n) is 2.20. The van der Waals surface area contributed by atoms with Gasteiger partial charge in [-0.2, -0.15) is 0 Å². The van der Waals surface area contributed by atoms with Crippen LogP contribution in [0.1, 0.15) is 24.1 Å². The summed E-state index contributed by atoms with van der Waals surface area (Å²) in [5.74, 6) is 0.168. The molecule has 0 atom stereocenters. The predicted octanol–water partition coefficient (Wildman–Crippen LogP) is 3.17. The highest BCUT2D eigenvalue weighted by Crippen LogP contribution is 2.25. The minimum atomic E-state index is 0.168. The van der Waals surface area contributed by atoms with Crippen LogP contribution in [0.15, 0.2) is 41.8 Å². The molecule has 0 saturated heterocycles. The Morgan fingerprint density at radius 1 is 1.19 bits per heavy atom. The zero-order valence-corrected chi connectivity index (χ0v) is 12.8. The van der Waals surface area contributed by atoms with Crippen LogP contribution in [0, 0.1) is 0 Å². The van der Waals surface area contributed by atoms with Crippen molar-refractivity contribution in [2.45, 2.75) is 31.8 Å². The smallest absolute Gasteiger partial charge is 0.221 e. The Labute approximate surface area is 129 Å². The zero-order chi connectivity index (χ0) is 14.5. The minimum Gasteiger partial charge on any atom is -0.353 e. The lowest BCUT2D eigenvalue weighted by molar-refractivity contribution is -0.121. The lowest BCUT2D eigenvalue weighted by Gasteiger charge is -2.04. The molecule has 0 unspecified atom stereocenters. The quantitative estimate of drug-likeness (QED) is 0.771. The van der Waals surface area contributed by atoms with Crippen molar-refractivity contribution in [2.24, 2.45) is 0 Å². The van der Waals surface area contributed by atoms with Crippen molar-refractivity contribution < 1.29 is 4.79 Å². The molecule has 0 aliphatic heterocycles. The Morgan fingerprint density at radius 2 is 2.00 bits per heavy atom. The molecular weight excluding hydrogens is 280 g/mol. The number of thiophene rings is 1. The van der Waals surface area contributed by atoms with Crippen LogP contribution in [0.4, 0.5) is 0 Å². The molecule has 1 aliphatic carbocycles. The lowest BCUT2D eigenvalue weighted by atomic mass is 10.1. The van der Waals surface area contributed by atoms with Gasteiger partial charge < -0.3 is 10.6 Å². The third-order valence-corrected chi connectivity index (χ3v) is 4.47. The number of rotatable bonds is 7. The van der Waals surface area contributed by atoms with E-state index in [0.717, 1.165) is 25.9 Å². The minimum absolute atomic E-state index is 0.168. The van der Waals surface area contributed by atoms with Crippen LogP contribution in [-0.2, 0) is 11.3 Å². The molecular formula is C17H20N2OS. The molecule has 1 amide bonds. The van der Waals surface area contributed by atoms with Crippen LogP contribution < -0.4 is 10.6 Å².